The standard InChI is InChI=1S/C15H16O4/c1-10(16)14-8-13(12-6-4-3-5-7-12)9-15(18,19-14)11(2)17/h3-8,13,18H,9H2,1-2H3. The van der Waals surface area contributed by atoms with Crippen LogP contribution in [0.5, 0.6) is 0 Å². The van der Waals surface area contributed by atoms with Crippen molar-refractivity contribution in [2.75, 3.05) is 0 Å². The Labute approximate surface area is 111 Å². The predicted molar refractivity (Wildman–Crippen MR) is 69.3 cm³/mol. The summed E-state index contributed by atoms with van der Waals surface area (Å²) in [6.07, 6.45) is 1.78. The Morgan fingerprint density at radius 3 is 2.42 bits per heavy atom. The molecule has 2 rings (SSSR count). The van der Waals surface area contributed by atoms with Crippen molar-refractivity contribution in [2.24, 2.45) is 0 Å². The largest absolute Gasteiger partial charge is 0.452 e. The van der Waals surface area contributed by atoms with Gasteiger partial charge in [-0.1, -0.05) is 30.3 Å². The number of hydrogen-bond donors (Lipinski definition) is 1. The van der Waals surface area contributed by atoms with Crippen LogP contribution in [-0.4, -0.2) is 22.5 Å². The summed E-state index contributed by atoms with van der Waals surface area (Å²) in [6, 6.07) is 9.42. The normalized spacial score (nSPS) is 26.3. The number of allylic oxidation sites excluding steroid dienone is 2. The van der Waals surface area contributed by atoms with E-state index in [0.29, 0.717) is 0 Å². The maximum Gasteiger partial charge on any atom is 0.268 e. The van der Waals surface area contributed by atoms with Crippen molar-refractivity contribution in [3.05, 3.63) is 47.7 Å². The average molecular weight is 260 g/mol. The highest BCUT2D eigenvalue weighted by atomic mass is 16.6. The first kappa shape index (κ1) is 13.5. The highest BCUT2D eigenvalue weighted by Gasteiger charge is 2.42. The number of ketones is 2. The molecule has 1 aliphatic heterocycles. The van der Waals surface area contributed by atoms with E-state index in [0.717, 1.165) is 5.56 Å². The monoisotopic (exact) mass is 260 g/mol. The Morgan fingerprint density at radius 2 is 1.89 bits per heavy atom. The number of aliphatic hydroxyl groups is 1. The predicted octanol–water partition coefficient (Wildman–Crippen LogP) is 1.94. The first-order chi connectivity index (χ1) is 8.92. The second kappa shape index (κ2) is 4.97. The van der Waals surface area contributed by atoms with E-state index in [-0.39, 0.29) is 23.9 Å². The molecule has 2 unspecified atom stereocenters. The highest BCUT2D eigenvalue weighted by Crippen LogP contribution is 2.36. The lowest BCUT2D eigenvalue weighted by atomic mass is 9.87. The van der Waals surface area contributed by atoms with Gasteiger partial charge < -0.3 is 9.84 Å². The third-order valence-electron chi connectivity index (χ3n) is 3.25. The smallest absolute Gasteiger partial charge is 0.268 e. The van der Waals surface area contributed by atoms with Gasteiger partial charge in [-0.3, -0.25) is 9.59 Å². The number of Topliss-reactive ketones (excluding diaryl/α,β-unsaturated/α-hetero) is 2. The van der Waals surface area contributed by atoms with Crippen LogP contribution in [0.25, 0.3) is 0 Å². The van der Waals surface area contributed by atoms with E-state index in [2.05, 4.69) is 0 Å². The third-order valence-corrected chi connectivity index (χ3v) is 3.25. The Morgan fingerprint density at radius 1 is 1.26 bits per heavy atom. The second-order valence-electron chi connectivity index (χ2n) is 4.75. The van der Waals surface area contributed by atoms with Crippen LogP contribution in [0.1, 0.15) is 31.7 Å². The molecule has 0 aromatic heterocycles. The van der Waals surface area contributed by atoms with Crippen LogP contribution >= 0.6 is 0 Å². The van der Waals surface area contributed by atoms with E-state index in [1.165, 1.54) is 13.8 Å². The fourth-order valence-electron chi connectivity index (χ4n) is 2.12. The zero-order valence-corrected chi connectivity index (χ0v) is 10.9. The Hall–Kier alpha value is -1.94. The molecule has 0 bridgehead atoms. The zero-order valence-electron chi connectivity index (χ0n) is 10.9. The molecule has 1 aromatic carbocycles. The van der Waals surface area contributed by atoms with Crippen LogP contribution < -0.4 is 0 Å². The van der Waals surface area contributed by atoms with Crippen molar-refractivity contribution in [3.8, 4) is 0 Å². The van der Waals surface area contributed by atoms with Crippen molar-refractivity contribution in [1.82, 2.24) is 0 Å². The molecule has 1 N–H and O–H groups in total. The summed E-state index contributed by atoms with van der Waals surface area (Å²) in [7, 11) is 0. The fraction of sp³-hybridized carbons (Fsp3) is 0.333. The first-order valence-corrected chi connectivity index (χ1v) is 6.12. The van der Waals surface area contributed by atoms with Crippen molar-refractivity contribution in [1.29, 1.82) is 0 Å². The number of carbonyl (C=O) groups excluding carboxylic acids is 2. The molecule has 0 spiro atoms. The molecule has 1 heterocycles. The lowest BCUT2D eigenvalue weighted by Gasteiger charge is -2.34. The van der Waals surface area contributed by atoms with Crippen LogP contribution in [0.2, 0.25) is 0 Å². The molecule has 4 heteroatoms. The lowest BCUT2D eigenvalue weighted by molar-refractivity contribution is -0.196. The maximum atomic E-state index is 11.6. The van der Waals surface area contributed by atoms with Crippen molar-refractivity contribution >= 4 is 11.6 Å². The summed E-state index contributed by atoms with van der Waals surface area (Å²) < 4.78 is 5.17. The topological polar surface area (TPSA) is 63.6 Å². The first-order valence-electron chi connectivity index (χ1n) is 6.12. The van der Waals surface area contributed by atoms with Gasteiger partial charge in [0.05, 0.1) is 0 Å². The summed E-state index contributed by atoms with van der Waals surface area (Å²) in [5.41, 5.74) is 0.934. The number of rotatable bonds is 3. The molecule has 1 aromatic rings. The fourth-order valence-corrected chi connectivity index (χ4v) is 2.12. The highest BCUT2D eigenvalue weighted by molar-refractivity contribution is 5.93. The van der Waals surface area contributed by atoms with Gasteiger partial charge in [-0.25, -0.2) is 0 Å². The Balaban J connectivity index is 2.41. The molecular formula is C15H16O4. The summed E-state index contributed by atoms with van der Waals surface area (Å²) in [5.74, 6) is -2.91. The summed E-state index contributed by atoms with van der Waals surface area (Å²) in [4.78, 5) is 23.0. The molecule has 0 amide bonds. The number of ether oxygens (including phenoxy) is 1. The third kappa shape index (κ3) is 2.74. The zero-order chi connectivity index (χ0) is 14.0. The quantitative estimate of drug-likeness (QED) is 0.902. The molecule has 0 radical (unpaired) electrons. The van der Waals surface area contributed by atoms with E-state index in [4.69, 9.17) is 4.74 Å². The molecule has 0 saturated carbocycles. The van der Waals surface area contributed by atoms with Crippen LogP contribution in [0.3, 0.4) is 0 Å². The number of benzene rings is 1. The van der Waals surface area contributed by atoms with Gasteiger partial charge >= 0.3 is 0 Å². The van der Waals surface area contributed by atoms with Crippen molar-refractivity contribution in [3.63, 3.8) is 0 Å². The van der Waals surface area contributed by atoms with E-state index < -0.39 is 11.6 Å². The Bertz CT molecular complexity index is 532. The van der Waals surface area contributed by atoms with Crippen LogP contribution in [0.15, 0.2) is 42.2 Å². The molecule has 0 fully saturated rings. The summed E-state index contributed by atoms with van der Waals surface area (Å²) in [5, 5.41) is 10.2. The molecule has 19 heavy (non-hydrogen) atoms. The van der Waals surface area contributed by atoms with Gasteiger partial charge in [-0.2, -0.15) is 0 Å². The average Bonchev–Trinajstić information content (AvgIpc) is 2.39. The van der Waals surface area contributed by atoms with Gasteiger partial charge in [0.2, 0.25) is 5.78 Å². The SMILES string of the molecule is CC(=O)C1=CC(c2ccccc2)CC(O)(C(C)=O)O1. The van der Waals surface area contributed by atoms with Gasteiger partial charge in [0, 0.05) is 26.2 Å². The second-order valence-corrected chi connectivity index (χ2v) is 4.75. The van der Waals surface area contributed by atoms with Crippen LogP contribution in [0, 0.1) is 0 Å². The van der Waals surface area contributed by atoms with Gasteiger partial charge in [0.25, 0.3) is 5.79 Å². The Kier molecular flexibility index (Phi) is 3.53. The van der Waals surface area contributed by atoms with Crippen molar-refractivity contribution < 1.29 is 19.4 Å². The van der Waals surface area contributed by atoms with E-state index in [1.54, 1.807) is 6.08 Å². The van der Waals surface area contributed by atoms with E-state index in [1.807, 2.05) is 30.3 Å². The minimum absolute atomic E-state index is 0.0396. The maximum absolute atomic E-state index is 11.6. The van der Waals surface area contributed by atoms with Gasteiger partial charge in [0.1, 0.15) is 0 Å². The molecule has 4 nitrogen and oxygen atoms in total. The van der Waals surface area contributed by atoms with E-state index >= 15 is 0 Å². The van der Waals surface area contributed by atoms with Crippen molar-refractivity contribution in [2.45, 2.75) is 32.0 Å². The van der Waals surface area contributed by atoms with Crippen LogP contribution in [0.4, 0.5) is 0 Å². The molecule has 0 aliphatic carbocycles. The van der Waals surface area contributed by atoms with Crippen LogP contribution in [-0.2, 0) is 14.3 Å². The number of hydrogen-bond acceptors (Lipinski definition) is 4. The summed E-state index contributed by atoms with van der Waals surface area (Å²) in [6.45, 7) is 2.60. The van der Waals surface area contributed by atoms with E-state index in [9.17, 15) is 14.7 Å². The van der Waals surface area contributed by atoms with Gasteiger partial charge in [-0.15, -0.1) is 0 Å². The molecule has 2 atom stereocenters. The minimum Gasteiger partial charge on any atom is -0.452 e. The molecule has 1 aliphatic rings. The lowest BCUT2D eigenvalue weighted by Crippen LogP contribution is -2.44. The van der Waals surface area contributed by atoms with Gasteiger partial charge in [0.15, 0.2) is 11.5 Å². The molecular weight excluding hydrogens is 244 g/mol. The van der Waals surface area contributed by atoms with Gasteiger partial charge in [-0.05, 0) is 11.6 Å². The summed E-state index contributed by atoms with van der Waals surface area (Å²) >= 11 is 0. The molecule has 100 valence electrons. The minimum atomic E-state index is -1.92. The number of carbonyl (C=O) groups is 2. The molecule has 0 saturated heterocycles.